The van der Waals surface area contributed by atoms with Crippen molar-refractivity contribution >= 4 is 10.9 Å². The zero-order chi connectivity index (χ0) is 21.1. The van der Waals surface area contributed by atoms with Crippen molar-refractivity contribution in [3.05, 3.63) is 69.5 Å². The normalized spacial score (nSPS) is 14.8. The zero-order valence-electron chi connectivity index (χ0n) is 17.8. The number of methoxy groups -OCH3 is 2. The summed E-state index contributed by atoms with van der Waals surface area (Å²) in [6, 6.07) is 14.1. The van der Waals surface area contributed by atoms with E-state index < -0.39 is 0 Å². The number of aryl methyl sites for hydroxylation is 1. The summed E-state index contributed by atoms with van der Waals surface area (Å²) < 4.78 is 18.3. The van der Waals surface area contributed by atoms with Gasteiger partial charge in [0.25, 0.3) is 5.56 Å². The van der Waals surface area contributed by atoms with E-state index in [1.807, 2.05) is 22.8 Å². The van der Waals surface area contributed by atoms with Gasteiger partial charge >= 0.3 is 0 Å². The summed E-state index contributed by atoms with van der Waals surface area (Å²) in [4.78, 5) is 15.8. The van der Waals surface area contributed by atoms with Crippen LogP contribution < -0.4 is 15.0 Å². The first-order chi connectivity index (χ1) is 14.6. The van der Waals surface area contributed by atoms with E-state index in [1.54, 1.807) is 14.2 Å². The Morgan fingerprint density at radius 3 is 2.27 bits per heavy atom. The van der Waals surface area contributed by atoms with Crippen LogP contribution in [0.2, 0.25) is 0 Å². The van der Waals surface area contributed by atoms with Gasteiger partial charge in [0.1, 0.15) is 0 Å². The molecule has 2 heterocycles. The van der Waals surface area contributed by atoms with Gasteiger partial charge in [0.05, 0.1) is 39.5 Å². The fourth-order valence-corrected chi connectivity index (χ4v) is 3.91. The van der Waals surface area contributed by atoms with Crippen LogP contribution >= 0.6 is 0 Å². The summed E-state index contributed by atoms with van der Waals surface area (Å²) >= 11 is 0. The third-order valence-corrected chi connectivity index (χ3v) is 5.63. The second-order valence-electron chi connectivity index (χ2n) is 7.70. The molecule has 6 nitrogen and oxygen atoms in total. The van der Waals surface area contributed by atoms with E-state index >= 15 is 0 Å². The zero-order valence-corrected chi connectivity index (χ0v) is 17.8. The molecule has 158 valence electrons. The van der Waals surface area contributed by atoms with Crippen molar-refractivity contribution in [3.8, 4) is 11.5 Å². The predicted molar refractivity (Wildman–Crippen MR) is 118 cm³/mol. The Labute approximate surface area is 176 Å². The maximum absolute atomic E-state index is 13.5. The summed E-state index contributed by atoms with van der Waals surface area (Å²) in [7, 11) is 3.24. The molecule has 2 aromatic carbocycles. The molecule has 0 atom stereocenters. The molecule has 1 aromatic heterocycles. The van der Waals surface area contributed by atoms with Crippen molar-refractivity contribution in [1.82, 2.24) is 9.47 Å². The average Bonchev–Trinajstić information content (AvgIpc) is 2.77. The average molecular weight is 408 g/mol. The molecule has 1 fully saturated rings. The summed E-state index contributed by atoms with van der Waals surface area (Å²) in [6.45, 7) is 6.25. The smallest absolute Gasteiger partial charge is 0.255 e. The van der Waals surface area contributed by atoms with E-state index in [0.717, 1.165) is 35.1 Å². The van der Waals surface area contributed by atoms with Crippen LogP contribution in [0, 0.1) is 6.92 Å². The lowest BCUT2D eigenvalue weighted by Crippen LogP contribution is -2.38. The molecule has 1 aliphatic heterocycles. The first kappa shape index (κ1) is 20.4. The van der Waals surface area contributed by atoms with E-state index in [1.165, 1.54) is 5.56 Å². The molecule has 0 bridgehead atoms. The highest BCUT2D eigenvalue weighted by molar-refractivity contribution is 5.84. The number of morpholine rings is 1. The van der Waals surface area contributed by atoms with Crippen molar-refractivity contribution in [3.63, 3.8) is 0 Å². The van der Waals surface area contributed by atoms with Crippen LogP contribution in [0.25, 0.3) is 10.9 Å². The van der Waals surface area contributed by atoms with Gasteiger partial charge in [-0.2, -0.15) is 0 Å². The molecule has 0 unspecified atom stereocenters. The molecule has 0 N–H and O–H groups in total. The fourth-order valence-electron chi connectivity index (χ4n) is 3.91. The van der Waals surface area contributed by atoms with Crippen LogP contribution in [-0.2, 0) is 17.8 Å². The Bertz CT molecular complexity index is 1080. The Balaban J connectivity index is 1.84. The molecule has 0 amide bonds. The first-order valence-electron chi connectivity index (χ1n) is 10.2. The highest BCUT2D eigenvalue weighted by Crippen LogP contribution is 2.32. The number of benzene rings is 2. The highest BCUT2D eigenvalue weighted by Gasteiger charge is 2.17. The number of aromatic nitrogens is 1. The van der Waals surface area contributed by atoms with Gasteiger partial charge in [-0.1, -0.05) is 29.8 Å². The van der Waals surface area contributed by atoms with Crippen LogP contribution in [0.3, 0.4) is 0 Å². The van der Waals surface area contributed by atoms with Gasteiger partial charge in [-0.05, 0) is 24.6 Å². The van der Waals surface area contributed by atoms with Gasteiger partial charge in [-0.3, -0.25) is 9.69 Å². The molecule has 30 heavy (non-hydrogen) atoms. The van der Waals surface area contributed by atoms with Gasteiger partial charge in [0.15, 0.2) is 11.5 Å². The minimum absolute atomic E-state index is 0.0294. The van der Waals surface area contributed by atoms with Crippen molar-refractivity contribution in [2.45, 2.75) is 20.0 Å². The molecular weight excluding hydrogens is 380 g/mol. The minimum Gasteiger partial charge on any atom is -0.493 e. The second-order valence-corrected chi connectivity index (χ2v) is 7.70. The topological polar surface area (TPSA) is 52.9 Å². The number of pyridine rings is 1. The summed E-state index contributed by atoms with van der Waals surface area (Å²) in [5.41, 5.74) is 3.93. The van der Waals surface area contributed by atoms with Crippen LogP contribution in [0.4, 0.5) is 0 Å². The molecule has 0 spiro atoms. The third-order valence-electron chi connectivity index (χ3n) is 5.63. The summed E-state index contributed by atoms with van der Waals surface area (Å²) in [5, 5.41) is 0.961. The lowest BCUT2D eigenvalue weighted by molar-refractivity contribution is 0.0340. The molecule has 0 aliphatic carbocycles. The molecule has 6 heteroatoms. The van der Waals surface area contributed by atoms with E-state index in [9.17, 15) is 4.79 Å². The lowest BCUT2D eigenvalue weighted by Gasteiger charge is -2.26. The van der Waals surface area contributed by atoms with Gasteiger partial charge in [-0.15, -0.1) is 0 Å². The molecule has 3 aromatic rings. The largest absolute Gasteiger partial charge is 0.493 e. The van der Waals surface area contributed by atoms with Crippen LogP contribution in [0.5, 0.6) is 11.5 Å². The molecule has 0 saturated carbocycles. The van der Waals surface area contributed by atoms with Gasteiger partial charge in [0, 0.05) is 36.7 Å². The Morgan fingerprint density at radius 1 is 0.933 bits per heavy atom. The molecule has 4 rings (SSSR count). The monoisotopic (exact) mass is 408 g/mol. The first-order valence-corrected chi connectivity index (χ1v) is 10.2. The Hall–Kier alpha value is -2.83. The standard InChI is InChI=1S/C24H28N2O4/c1-17-4-6-18(7-5-17)15-26-21-14-23(29-3)22(28-2)13-19(21)12-20(24(26)27)16-25-8-10-30-11-9-25/h4-7,12-14H,8-11,15-16H2,1-3H3. The van der Waals surface area contributed by atoms with Gasteiger partial charge in [-0.25, -0.2) is 0 Å². The van der Waals surface area contributed by atoms with E-state index in [-0.39, 0.29) is 5.56 Å². The van der Waals surface area contributed by atoms with E-state index in [4.69, 9.17) is 14.2 Å². The SMILES string of the molecule is COc1cc2cc(CN3CCOCC3)c(=O)n(Cc3ccc(C)cc3)c2cc1OC. The summed E-state index contributed by atoms with van der Waals surface area (Å²) in [5.74, 6) is 1.27. The maximum Gasteiger partial charge on any atom is 0.255 e. The van der Waals surface area contributed by atoms with Crippen LogP contribution in [0.15, 0.2) is 47.3 Å². The maximum atomic E-state index is 13.5. The molecule has 1 aliphatic rings. The number of hydrogen-bond acceptors (Lipinski definition) is 5. The number of rotatable bonds is 6. The van der Waals surface area contributed by atoms with Crippen molar-refractivity contribution in [2.75, 3.05) is 40.5 Å². The van der Waals surface area contributed by atoms with Crippen molar-refractivity contribution in [2.24, 2.45) is 0 Å². The van der Waals surface area contributed by atoms with Crippen molar-refractivity contribution in [1.29, 1.82) is 0 Å². The number of ether oxygens (including phenoxy) is 3. The molecule has 1 saturated heterocycles. The Kier molecular flexibility index (Phi) is 6.06. The van der Waals surface area contributed by atoms with Gasteiger partial charge < -0.3 is 18.8 Å². The lowest BCUT2D eigenvalue weighted by atomic mass is 10.1. The number of nitrogens with zero attached hydrogens (tertiary/aromatic N) is 2. The highest BCUT2D eigenvalue weighted by atomic mass is 16.5. The van der Waals surface area contributed by atoms with Crippen LogP contribution in [0.1, 0.15) is 16.7 Å². The van der Waals surface area contributed by atoms with Crippen LogP contribution in [-0.4, -0.2) is 50.0 Å². The number of hydrogen-bond donors (Lipinski definition) is 0. The third kappa shape index (κ3) is 4.20. The predicted octanol–water partition coefficient (Wildman–Crippen LogP) is 3.21. The summed E-state index contributed by atoms with van der Waals surface area (Å²) in [6.07, 6.45) is 0. The van der Waals surface area contributed by atoms with E-state index in [2.05, 4.69) is 36.1 Å². The Morgan fingerprint density at radius 2 is 1.60 bits per heavy atom. The minimum atomic E-state index is 0.0294. The second kappa shape index (κ2) is 8.90. The fraction of sp³-hybridized carbons (Fsp3) is 0.375. The molecule has 0 radical (unpaired) electrons. The number of fused-ring (bicyclic) bond motifs is 1. The van der Waals surface area contributed by atoms with Crippen molar-refractivity contribution < 1.29 is 14.2 Å². The quantitative estimate of drug-likeness (QED) is 0.627. The molecular formula is C24H28N2O4. The van der Waals surface area contributed by atoms with Gasteiger partial charge in [0.2, 0.25) is 0 Å². The van der Waals surface area contributed by atoms with E-state index in [0.29, 0.717) is 37.8 Å².